The topological polar surface area (TPSA) is 75.9 Å². The number of imidazole rings is 1. The molecule has 0 aliphatic rings. The Bertz CT molecular complexity index is 1090. The van der Waals surface area contributed by atoms with Crippen LogP contribution in [-0.4, -0.2) is 49.1 Å². The monoisotopic (exact) mass is 514 g/mol. The fraction of sp³-hybridized carbons (Fsp3) is 0.364. The lowest BCUT2D eigenvalue weighted by molar-refractivity contribution is -0.186. The van der Waals surface area contributed by atoms with Gasteiger partial charge in [-0.25, -0.2) is 9.97 Å². The lowest BCUT2D eigenvalue weighted by Gasteiger charge is -2.30. The number of aromatic nitrogens is 4. The molecule has 2 heterocycles. The molecule has 0 aliphatic heterocycles. The number of carbonyl (C=O) groups excluding carboxylic acids is 1. The first kappa shape index (κ1) is 25.8. The molecule has 7 nitrogen and oxygen atoms in total. The van der Waals surface area contributed by atoms with Gasteiger partial charge in [-0.2, -0.15) is 18.2 Å². The van der Waals surface area contributed by atoms with Crippen LogP contribution in [0.4, 0.5) is 19.0 Å². The number of hydrogen-bond donors (Lipinski definition) is 1. The Balaban J connectivity index is 1.87. The van der Waals surface area contributed by atoms with Crippen LogP contribution < -0.4 is 5.32 Å². The Morgan fingerprint density at radius 2 is 1.88 bits per heavy atom. The molecule has 1 aromatic carbocycles. The lowest BCUT2D eigenvalue weighted by Crippen LogP contribution is -2.46. The first-order chi connectivity index (χ1) is 16.0. The first-order valence-corrected chi connectivity index (χ1v) is 11.2. The third-order valence-corrected chi connectivity index (χ3v) is 5.24. The first-order valence-electron chi connectivity index (χ1n) is 10.4. The molecule has 1 N–H and O–H groups in total. The number of nitrogens with one attached hydrogen (secondary N) is 1. The molecule has 0 radical (unpaired) electrons. The van der Waals surface area contributed by atoms with E-state index in [4.69, 9.17) is 23.2 Å². The molecule has 3 aromatic rings. The van der Waals surface area contributed by atoms with Crippen LogP contribution in [-0.2, 0) is 11.3 Å². The maximum absolute atomic E-state index is 13.4. The van der Waals surface area contributed by atoms with Crippen molar-refractivity contribution in [3.63, 3.8) is 0 Å². The average Bonchev–Trinajstić information content (AvgIpc) is 3.28. The molecule has 0 saturated heterocycles. The van der Waals surface area contributed by atoms with E-state index >= 15 is 0 Å². The Kier molecular flexibility index (Phi) is 8.37. The van der Waals surface area contributed by atoms with Crippen molar-refractivity contribution in [2.45, 2.75) is 39.0 Å². The van der Waals surface area contributed by atoms with Crippen LogP contribution in [0.3, 0.4) is 0 Å². The van der Waals surface area contributed by atoms with Crippen molar-refractivity contribution in [1.82, 2.24) is 24.4 Å². The van der Waals surface area contributed by atoms with Crippen LogP contribution in [0, 0.1) is 5.92 Å². The smallest absolute Gasteiger partial charge is 0.365 e. The van der Waals surface area contributed by atoms with Crippen molar-refractivity contribution < 1.29 is 18.0 Å². The number of carbonyl (C=O) groups is 1. The fourth-order valence-electron chi connectivity index (χ4n) is 3.44. The summed E-state index contributed by atoms with van der Waals surface area (Å²) in [6.45, 7) is 3.44. The third-order valence-electron chi connectivity index (χ3n) is 4.82. The molecule has 1 amide bonds. The predicted octanol–water partition coefficient (Wildman–Crippen LogP) is 5.39. The van der Waals surface area contributed by atoms with Gasteiger partial charge in [0, 0.05) is 42.6 Å². The molecular formula is C22H23Cl2F3N6O. The largest absolute Gasteiger partial charge is 0.471 e. The zero-order valence-corrected chi connectivity index (χ0v) is 19.9. The van der Waals surface area contributed by atoms with Gasteiger partial charge in [0.15, 0.2) is 0 Å². The quantitative estimate of drug-likeness (QED) is 0.387. The van der Waals surface area contributed by atoms with E-state index in [1.807, 2.05) is 13.8 Å². The molecule has 3 rings (SSSR count). The number of anilines is 1. The summed E-state index contributed by atoms with van der Waals surface area (Å²) < 4.78 is 41.8. The third kappa shape index (κ3) is 7.33. The molecule has 0 saturated carbocycles. The Morgan fingerprint density at radius 3 is 2.47 bits per heavy atom. The highest BCUT2D eigenvalue weighted by atomic mass is 35.5. The number of benzene rings is 1. The molecule has 34 heavy (non-hydrogen) atoms. The van der Waals surface area contributed by atoms with Crippen molar-refractivity contribution in [2.75, 3.05) is 11.9 Å². The number of alkyl halides is 3. The van der Waals surface area contributed by atoms with Crippen LogP contribution in [0.1, 0.15) is 25.8 Å². The molecule has 0 bridgehead atoms. The van der Waals surface area contributed by atoms with Gasteiger partial charge in [0.05, 0.1) is 0 Å². The van der Waals surface area contributed by atoms with Crippen molar-refractivity contribution in [1.29, 1.82) is 0 Å². The molecule has 2 aromatic heterocycles. The second-order valence-corrected chi connectivity index (χ2v) is 8.91. The fourth-order valence-corrected chi connectivity index (χ4v) is 3.74. The van der Waals surface area contributed by atoms with Gasteiger partial charge in [0.2, 0.25) is 5.28 Å². The van der Waals surface area contributed by atoms with Crippen LogP contribution in [0.15, 0.2) is 49.1 Å². The summed E-state index contributed by atoms with van der Waals surface area (Å²) in [5.41, 5.74) is 0.526. The molecule has 0 fully saturated rings. The standard InChI is InChI=1S/C22H23Cl2F3N6O/c1-14(2)9-17(29-18-10-19(31-21(24)30-18)32-8-7-28-13-32)12-33(20(34)22(25,26)27)11-15-3-5-16(23)6-4-15/h3-8,10,13-14,17H,9,11-12H2,1-2H3,(H,29,30,31)/t17-/m0/s1. The van der Waals surface area contributed by atoms with Gasteiger partial charge in [-0.15, -0.1) is 0 Å². The summed E-state index contributed by atoms with van der Waals surface area (Å²) >= 11 is 12.0. The number of hydrogen-bond acceptors (Lipinski definition) is 5. The lowest BCUT2D eigenvalue weighted by atomic mass is 10.0. The Labute approximate surface area is 204 Å². The summed E-state index contributed by atoms with van der Waals surface area (Å²) in [5.74, 6) is -1.04. The van der Waals surface area contributed by atoms with Gasteiger partial charge in [0.25, 0.3) is 0 Å². The molecular weight excluding hydrogens is 492 g/mol. The van der Waals surface area contributed by atoms with Gasteiger partial charge in [0.1, 0.15) is 18.0 Å². The average molecular weight is 515 g/mol. The van der Waals surface area contributed by atoms with Crippen molar-refractivity contribution in [3.05, 3.63) is 64.9 Å². The van der Waals surface area contributed by atoms with Gasteiger partial charge < -0.3 is 10.2 Å². The number of nitrogens with zero attached hydrogens (tertiary/aromatic N) is 5. The maximum atomic E-state index is 13.4. The zero-order valence-electron chi connectivity index (χ0n) is 18.4. The van der Waals surface area contributed by atoms with Crippen molar-refractivity contribution in [3.8, 4) is 5.82 Å². The van der Waals surface area contributed by atoms with E-state index in [2.05, 4.69) is 20.3 Å². The van der Waals surface area contributed by atoms with Gasteiger partial charge in [-0.3, -0.25) is 9.36 Å². The van der Waals surface area contributed by atoms with Crippen molar-refractivity contribution in [2.24, 2.45) is 5.92 Å². The minimum absolute atomic E-state index is 0.0404. The normalized spacial score (nSPS) is 12.6. The number of halogens is 5. The highest BCUT2D eigenvalue weighted by Gasteiger charge is 2.43. The molecule has 0 unspecified atom stereocenters. The van der Waals surface area contributed by atoms with E-state index in [0.717, 1.165) is 4.90 Å². The molecule has 0 spiro atoms. The van der Waals surface area contributed by atoms with Gasteiger partial charge in [-0.05, 0) is 41.6 Å². The predicted molar refractivity (Wildman–Crippen MR) is 124 cm³/mol. The number of rotatable bonds is 9. The SMILES string of the molecule is CC(C)C[C@@H](CN(Cc1ccc(Cl)cc1)C(=O)C(F)(F)F)Nc1cc(-n2ccnc2)nc(Cl)n1. The zero-order chi connectivity index (χ0) is 24.9. The summed E-state index contributed by atoms with van der Waals surface area (Å²) in [4.78, 5) is 25.3. The second-order valence-electron chi connectivity index (χ2n) is 8.13. The highest BCUT2D eigenvalue weighted by molar-refractivity contribution is 6.30. The van der Waals surface area contributed by atoms with E-state index < -0.39 is 18.1 Å². The van der Waals surface area contributed by atoms with E-state index in [0.29, 0.717) is 28.6 Å². The molecule has 0 aliphatic carbocycles. The van der Waals surface area contributed by atoms with Crippen LogP contribution in [0.2, 0.25) is 10.3 Å². The van der Waals surface area contributed by atoms with E-state index in [9.17, 15) is 18.0 Å². The summed E-state index contributed by atoms with van der Waals surface area (Å²) in [5, 5.41) is 3.54. The van der Waals surface area contributed by atoms with Crippen molar-refractivity contribution >= 4 is 34.9 Å². The van der Waals surface area contributed by atoms with Crippen LogP contribution in [0.25, 0.3) is 5.82 Å². The molecule has 1 atom stereocenters. The van der Waals surface area contributed by atoms with E-state index in [1.54, 1.807) is 47.3 Å². The minimum atomic E-state index is -5.01. The molecule has 182 valence electrons. The highest BCUT2D eigenvalue weighted by Crippen LogP contribution is 2.23. The van der Waals surface area contributed by atoms with Gasteiger partial charge >= 0.3 is 12.1 Å². The summed E-state index contributed by atoms with van der Waals surface area (Å²) in [6.07, 6.45) is 0.238. The van der Waals surface area contributed by atoms with E-state index in [-0.39, 0.29) is 24.3 Å². The maximum Gasteiger partial charge on any atom is 0.471 e. The number of amides is 1. The summed E-state index contributed by atoms with van der Waals surface area (Å²) in [7, 11) is 0. The second kappa shape index (κ2) is 11.1. The van der Waals surface area contributed by atoms with Gasteiger partial charge in [-0.1, -0.05) is 37.6 Å². The van der Waals surface area contributed by atoms with Crippen LogP contribution >= 0.6 is 23.2 Å². The Morgan fingerprint density at radius 1 is 1.18 bits per heavy atom. The van der Waals surface area contributed by atoms with E-state index in [1.165, 1.54) is 6.33 Å². The molecule has 12 heteroatoms. The summed E-state index contributed by atoms with van der Waals surface area (Å²) in [6, 6.07) is 7.38. The van der Waals surface area contributed by atoms with Crippen LogP contribution in [0.5, 0.6) is 0 Å². The minimum Gasteiger partial charge on any atom is -0.365 e. The Hall–Kier alpha value is -2.85.